The molecule has 0 saturated heterocycles. The number of nitrogens with zero attached hydrogens (tertiary/aromatic N) is 1. The lowest BCUT2D eigenvalue weighted by Crippen LogP contribution is -2.37. The van der Waals surface area contributed by atoms with Crippen LogP contribution in [0.4, 0.5) is 18.9 Å². The van der Waals surface area contributed by atoms with Crippen molar-refractivity contribution in [2.45, 2.75) is 26.1 Å². The second-order valence-electron chi connectivity index (χ2n) is 6.18. The highest BCUT2D eigenvalue weighted by atomic mass is 127. The fourth-order valence-electron chi connectivity index (χ4n) is 2.55. The van der Waals surface area contributed by atoms with Crippen LogP contribution in [0.1, 0.15) is 23.6 Å². The van der Waals surface area contributed by atoms with Gasteiger partial charge in [0.2, 0.25) is 5.91 Å². The number of rotatable bonds is 6. The zero-order valence-corrected chi connectivity index (χ0v) is 18.5. The molecule has 2 rings (SSSR count). The van der Waals surface area contributed by atoms with E-state index in [1.54, 1.807) is 7.05 Å². The molecule has 0 radical (unpaired) electrons. The maximum Gasteiger partial charge on any atom is 0.416 e. The minimum absolute atomic E-state index is 0. The number of anilines is 1. The maximum atomic E-state index is 12.6. The van der Waals surface area contributed by atoms with Gasteiger partial charge in [0.15, 0.2) is 5.96 Å². The summed E-state index contributed by atoms with van der Waals surface area (Å²) in [5.74, 6) is 0.447. The third-order valence-corrected chi connectivity index (χ3v) is 3.92. The molecule has 0 aromatic heterocycles. The maximum absolute atomic E-state index is 12.6. The van der Waals surface area contributed by atoms with Crippen molar-refractivity contribution in [3.8, 4) is 0 Å². The molecule has 0 spiro atoms. The van der Waals surface area contributed by atoms with Crippen molar-refractivity contribution in [3.05, 3.63) is 65.2 Å². The highest BCUT2D eigenvalue weighted by molar-refractivity contribution is 14.0. The number of nitrogens with one attached hydrogen (secondary N) is 3. The summed E-state index contributed by atoms with van der Waals surface area (Å²) in [6.45, 7) is 2.48. The van der Waals surface area contributed by atoms with Crippen LogP contribution in [-0.4, -0.2) is 25.5 Å². The number of carbonyl (C=O) groups is 1. The average molecular weight is 520 g/mol. The first-order valence-corrected chi connectivity index (χ1v) is 8.75. The number of amides is 1. The van der Waals surface area contributed by atoms with E-state index < -0.39 is 11.7 Å². The van der Waals surface area contributed by atoms with Crippen molar-refractivity contribution in [2.24, 2.45) is 4.99 Å². The molecule has 5 nitrogen and oxygen atoms in total. The third-order valence-electron chi connectivity index (χ3n) is 3.92. The Morgan fingerprint density at radius 2 is 1.72 bits per heavy atom. The fraction of sp³-hybridized carbons (Fsp3) is 0.300. The molecule has 29 heavy (non-hydrogen) atoms. The lowest BCUT2D eigenvalue weighted by molar-refractivity contribution is -0.137. The number of carbonyl (C=O) groups excluding carboxylic acids is 1. The van der Waals surface area contributed by atoms with Crippen LogP contribution in [0, 0.1) is 0 Å². The van der Waals surface area contributed by atoms with E-state index in [1.807, 2.05) is 24.3 Å². The Labute approximate surface area is 185 Å². The predicted molar refractivity (Wildman–Crippen MR) is 120 cm³/mol. The SMILES string of the molecule is CN=C(NCCc1ccc(C(F)(F)F)cc1)NCc1cccc(NC(C)=O)c1.I. The standard InChI is InChI=1S/C20H23F3N4O.HI/c1-14(28)27-18-5-3-4-16(12-18)13-26-19(24-2)25-11-10-15-6-8-17(9-7-15)20(21,22)23;/h3-9,12H,10-11,13H2,1-2H3,(H,27,28)(H2,24,25,26);1H. The van der Waals surface area contributed by atoms with E-state index >= 15 is 0 Å². The van der Waals surface area contributed by atoms with Crippen LogP contribution in [-0.2, 0) is 23.9 Å². The van der Waals surface area contributed by atoms with Crippen molar-refractivity contribution in [1.29, 1.82) is 0 Å². The van der Waals surface area contributed by atoms with Crippen LogP contribution in [0.15, 0.2) is 53.5 Å². The topological polar surface area (TPSA) is 65.5 Å². The largest absolute Gasteiger partial charge is 0.416 e. The van der Waals surface area contributed by atoms with Crippen molar-refractivity contribution < 1.29 is 18.0 Å². The van der Waals surface area contributed by atoms with Crippen LogP contribution >= 0.6 is 24.0 Å². The summed E-state index contributed by atoms with van der Waals surface area (Å²) >= 11 is 0. The third kappa shape index (κ3) is 8.71. The first-order valence-electron chi connectivity index (χ1n) is 8.75. The minimum atomic E-state index is -4.32. The van der Waals surface area contributed by atoms with Gasteiger partial charge in [-0.25, -0.2) is 0 Å². The number of halogens is 4. The molecule has 0 saturated carbocycles. The molecule has 0 heterocycles. The fourth-order valence-corrected chi connectivity index (χ4v) is 2.55. The van der Waals surface area contributed by atoms with Crippen molar-refractivity contribution in [1.82, 2.24) is 10.6 Å². The van der Waals surface area contributed by atoms with Gasteiger partial charge in [0.25, 0.3) is 0 Å². The summed E-state index contributed by atoms with van der Waals surface area (Å²) in [4.78, 5) is 15.3. The van der Waals surface area contributed by atoms with E-state index in [-0.39, 0.29) is 29.9 Å². The molecule has 1 amide bonds. The lowest BCUT2D eigenvalue weighted by atomic mass is 10.1. The number of benzene rings is 2. The molecular weight excluding hydrogens is 496 g/mol. The van der Waals surface area contributed by atoms with Crippen molar-refractivity contribution >= 4 is 41.5 Å². The van der Waals surface area contributed by atoms with Crippen LogP contribution in [0.3, 0.4) is 0 Å². The molecule has 0 unspecified atom stereocenters. The van der Waals surface area contributed by atoms with Crippen LogP contribution < -0.4 is 16.0 Å². The number of aliphatic imine (C=N–C) groups is 1. The van der Waals surface area contributed by atoms with Gasteiger partial charge in [-0.3, -0.25) is 9.79 Å². The second kappa shape index (κ2) is 11.6. The van der Waals surface area contributed by atoms with Gasteiger partial charge in [-0.15, -0.1) is 24.0 Å². The van der Waals surface area contributed by atoms with Gasteiger partial charge in [0.05, 0.1) is 5.56 Å². The van der Waals surface area contributed by atoms with Crippen molar-refractivity contribution in [2.75, 3.05) is 18.9 Å². The van der Waals surface area contributed by atoms with Crippen LogP contribution in [0.25, 0.3) is 0 Å². The first kappa shape index (κ1) is 24.7. The first-order chi connectivity index (χ1) is 13.3. The summed E-state index contributed by atoms with van der Waals surface area (Å²) in [5, 5.41) is 9.02. The van der Waals surface area contributed by atoms with E-state index in [0.29, 0.717) is 25.5 Å². The van der Waals surface area contributed by atoms with Crippen molar-refractivity contribution in [3.63, 3.8) is 0 Å². The lowest BCUT2D eigenvalue weighted by Gasteiger charge is -2.13. The smallest absolute Gasteiger partial charge is 0.356 e. The summed E-state index contributed by atoms with van der Waals surface area (Å²) < 4.78 is 37.7. The highest BCUT2D eigenvalue weighted by Gasteiger charge is 2.29. The molecule has 9 heteroatoms. The summed E-state index contributed by atoms with van der Waals surface area (Å²) in [6.07, 6.45) is -3.75. The Hall–Kier alpha value is -2.30. The molecule has 158 valence electrons. The van der Waals surface area contributed by atoms with Gasteiger partial charge in [0, 0.05) is 32.7 Å². The molecule has 2 aromatic rings. The molecule has 0 atom stereocenters. The molecule has 3 N–H and O–H groups in total. The summed E-state index contributed by atoms with van der Waals surface area (Å²) in [5.41, 5.74) is 1.84. The minimum Gasteiger partial charge on any atom is -0.356 e. The highest BCUT2D eigenvalue weighted by Crippen LogP contribution is 2.29. The average Bonchev–Trinajstić information content (AvgIpc) is 2.64. The molecule has 0 bridgehead atoms. The normalized spacial score (nSPS) is 11.4. The molecule has 0 aliphatic carbocycles. The van der Waals surface area contributed by atoms with E-state index in [2.05, 4.69) is 20.9 Å². The van der Waals surface area contributed by atoms with Gasteiger partial charge in [0.1, 0.15) is 0 Å². The van der Waals surface area contributed by atoms with E-state index in [4.69, 9.17) is 0 Å². The van der Waals surface area contributed by atoms with Gasteiger partial charge in [-0.2, -0.15) is 13.2 Å². The Kier molecular flexibility index (Phi) is 9.93. The Balaban J connectivity index is 0.00000420. The summed E-state index contributed by atoms with van der Waals surface area (Å²) in [7, 11) is 1.64. The number of guanidine groups is 1. The van der Waals surface area contributed by atoms with E-state index in [9.17, 15) is 18.0 Å². The Bertz CT molecular complexity index is 823. The van der Waals surface area contributed by atoms with Crippen LogP contribution in [0.2, 0.25) is 0 Å². The zero-order chi connectivity index (χ0) is 20.6. The number of hydrogen-bond acceptors (Lipinski definition) is 2. The monoisotopic (exact) mass is 520 g/mol. The Morgan fingerprint density at radius 3 is 2.31 bits per heavy atom. The zero-order valence-electron chi connectivity index (χ0n) is 16.1. The molecule has 0 aliphatic rings. The van der Waals surface area contributed by atoms with Gasteiger partial charge in [-0.1, -0.05) is 24.3 Å². The van der Waals surface area contributed by atoms with E-state index in [1.165, 1.54) is 19.1 Å². The van der Waals surface area contributed by atoms with E-state index in [0.717, 1.165) is 28.9 Å². The molecule has 2 aromatic carbocycles. The second-order valence-corrected chi connectivity index (χ2v) is 6.18. The van der Waals surface area contributed by atoms with Gasteiger partial charge < -0.3 is 16.0 Å². The Morgan fingerprint density at radius 1 is 1.03 bits per heavy atom. The molecular formula is C20H24F3IN4O. The number of hydrogen-bond donors (Lipinski definition) is 3. The predicted octanol–water partition coefficient (Wildman–Crippen LogP) is 4.19. The molecule has 0 aliphatic heterocycles. The quantitative estimate of drug-likeness (QED) is 0.304. The number of alkyl halides is 3. The van der Waals surface area contributed by atoms with Gasteiger partial charge in [-0.05, 0) is 41.8 Å². The molecule has 0 fully saturated rings. The van der Waals surface area contributed by atoms with Gasteiger partial charge >= 0.3 is 6.18 Å². The van der Waals surface area contributed by atoms with Crippen LogP contribution in [0.5, 0.6) is 0 Å². The summed E-state index contributed by atoms with van der Waals surface area (Å²) in [6, 6.07) is 12.6.